The predicted molar refractivity (Wildman–Crippen MR) is 222 cm³/mol. The fraction of sp³-hybridized carbons (Fsp3) is 0.605. The van der Waals surface area contributed by atoms with Crippen LogP contribution in [0.1, 0.15) is 89.0 Å². The molecule has 15 nitrogen and oxygen atoms in total. The second-order valence-corrected chi connectivity index (χ2v) is 18.6. The van der Waals surface area contributed by atoms with Crippen LogP contribution in [0.5, 0.6) is 11.6 Å². The number of urea groups is 1. The summed E-state index contributed by atoms with van der Waals surface area (Å²) in [6.07, 6.45) is 14.5. The highest BCUT2D eigenvalue weighted by Crippen LogP contribution is 2.45. The standard InChI is InChI=1S/C43H58N6O9S/c1-4-31-26-43(31,41(52)47-59(54,55)34-18-19-34)46-38(50)36-15-11-21-49(36)40(51)37(28-12-7-5-8-13-28)45-42(53)48-22-20-33(27-48)58-23-10-6-9-14-30-24-29-16-17-32(56-2)25-35(29)44-39(30)57-3/h4,9,14,16-17,24-25,28,31,33-34,36-37H,1,5-8,10-13,15,18-23,26-27H2,2-3H3,(H,45,53)(H,46,50)(H,47,52)/b14-9+/t31-,33-,36-,37-,43+/m0/s1. The van der Waals surface area contributed by atoms with Gasteiger partial charge in [0.05, 0.1) is 31.1 Å². The van der Waals surface area contributed by atoms with Crippen molar-refractivity contribution in [3.63, 3.8) is 0 Å². The van der Waals surface area contributed by atoms with Gasteiger partial charge in [0.25, 0.3) is 5.91 Å². The highest BCUT2D eigenvalue weighted by molar-refractivity contribution is 7.91. The SMILES string of the molecule is C=C[C@H]1C[C@]1(NC(=O)[C@@H]1CCCN1C(=O)[C@@H](NC(=O)N1CC[C@H](OCCC/C=C/c2cc3ccc(OC)cc3nc2OC)C1)C1CCCCC1)C(=O)NS(=O)(=O)C1CC1. The molecule has 5 fully saturated rings. The molecule has 59 heavy (non-hydrogen) atoms. The molecule has 2 aliphatic heterocycles. The van der Waals surface area contributed by atoms with Crippen LogP contribution in [0.4, 0.5) is 4.79 Å². The van der Waals surface area contributed by atoms with Gasteiger partial charge in [-0.1, -0.05) is 37.5 Å². The van der Waals surface area contributed by atoms with Crippen molar-refractivity contribution in [2.45, 2.75) is 112 Å². The molecular formula is C43H58N6O9S. The molecule has 0 spiro atoms. The van der Waals surface area contributed by atoms with Gasteiger partial charge in [0.2, 0.25) is 27.7 Å². The molecule has 1 aromatic carbocycles. The van der Waals surface area contributed by atoms with Gasteiger partial charge in [0.15, 0.2) is 0 Å². The van der Waals surface area contributed by atoms with E-state index in [1.165, 1.54) is 0 Å². The molecule has 2 aromatic rings. The van der Waals surface area contributed by atoms with E-state index in [1.54, 1.807) is 30.1 Å². The van der Waals surface area contributed by atoms with E-state index in [4.69, 9.17) is 14.2 Å². The molecule has 1 aromatic heterocycles. The normalized spacial score (nSPS) is 25.2. The third-order valence-electron chi connectivity index (χ3n) is 12.6. The molecule has 3 saturated carbocycles. The van der Waals surface area contributed by atoms with E-state index in [1.807, 2.05) is 30.3 Å². The number of nitrogens with one attached hydrogen (secondary N) is 3. The Hall–Kier alpha value is -4.70. The number of likely N-dealkylation sites (tertiary alicyclic amines) is 2. The van der Waals surface area contributed by atoms with Crippen molar-refractivity contribution < 1.29 is 41.8 Å². The number of sulfonamides is 1. The van der Waals surface area contributed by atoms with Crippen LogP contribution in [0.2, 0.25) is 0 Å². The van der Waals surface area contributed by atoms with Crippen LogP contribution < -0.4 is 24.8 Å². The number of carbonyl (C=O) groups excluding carboxylic acids is 4. The summed E-state index contributed by atoms with van der Waals surface area (Å²) in [6, 6.07) is 5.82. The number of carbonyl (C=O) groups is 4. The van der Waals surface area contributed by atoms with E-state index < -0.39 is 50.6 Å². The van der Waals surface area contributed by atoms with Crippen LogP contribution in [-0.2, 0) is 29.1 Å². The highest BCUT2D eigenvalue weighted by Gasteiger charge is 2.61. The first kappa shape index (κ1) is 42.4. The monoisotopic (exact) mass is 834 g/mol. The number of fused-ring (bicyclic) bond motifs is 1. The zero-order valence-corrected chi connectivity index (χ0v) is 35.0. The molecule has 5 aliphatic rings. The van der Waals surface area contributed by atoms with E-state index in [9.17, 15) is 27.6 Å². The number of amides is 5. The Morgan fingerprint density at radius 2 is 1.80 bits per heavy atom. The Bertz CT molecular complexity index is 2050. The Kier molecular flexibility index (Phi) is 13.1. The number of pyridine rings is 1. The minimum atomic E-state index is -3.82. The van der Waals surface area contributed by atoms with E-state index in [0.717, 1.165) is 67.2 Å². The van der Waals surface area contributed by atoms with Crippen LogP contribution in [0.15, 0.2) is 43.0 Å². The molecule has 0 radical (unpaired) electrons. The van der Waals surface area contributed by atoms with E-state index >= 15 is 0 Å². The minimum Gasteiger partial charge on any atom is -0.497 e. The summed E-state index contributed by atoms with van der Waals surface area (Å²) in [5.74, 6) is -0.804. The molecule has 2 saturated heterocycles. The molecule has 0 unspecified atom stereocenters. The molecule has 0 bridgehead atoms. The number of allylic oxidation sites excluding steroid dienone is 1. The molecule has 5 atom stereocenters. The summed E-state index contributed by atoms with van der Waals surface area (Å²) in [4.78, 5) is 63.2. The van der Waals surface area contributed by atoms with Gasteiger partial charge in [-0.05, 0) is 88.3 Å². The van der Waals surface area contributed by atoms with Crippen molar-refractivity contribution in [1.29, 1.82) is 0 Å². The van der Waals surface area contributed by atoms with Gasteiger partial charge in [0, 0.05) is 49.2 Å². The second kappa shape index (κ2) is 18.3. The lowest BCUT2D eigenvalue weighted by atomic mass is 9.83. The fourth-order valence-corrected chi connectivity index (χ4v) is 10.2. The zero-order chi connectivity index (χ0) is 41.7. The van der Waals surface area contributed by atoms with Crippen LogP contribution >= 0.6 is 0 Å². The Labute approximate surface area is 346 Å². The number of rotatable bonds is 17. The second-order valence-electron chi connectivity index (χ2n) is 16.6. The van der Waals surface area contributed by atoms with Gasteiger partial charge < -0.3 is 34.6 Å². The Morgan fingerprint density at radius 1 is 1.00 bits per heavy atom. The summed E-state index contributed by atoms with van der Waals surface area (Å²) in [5.41, 5.74) is 0.245. The highest BCUT2D eigenvalue weighted by atomic mass is 32.2. The van der Waals surface area contributed by atoms with Crippen LogP contribution in [-0.4, -0.2) is 116 Å². The van der Waals surface area contributed by atoms with Crippen molar-refractivity contribution >= 4 is 50.8 Å². The molecule has 5 amide bonds. The van der Waals surface area contributed by atoms with E-state index in [-0.39, 0.29) is 30.4 Å². The van der Waals surface area contributed by atoms with Gasteiger partial charge in [-0.3, -0.25) is 19.1 Å². The minimum absolute atomic E-state index is 0.0700. The van der Waals surface area contributed by atoms with Crippen molar-refractivity contribution in [1.82, 2.24) is 30.1 Å². The van der Waals surface area contributed by atoms with Crippen LogP contribution in [0, 0.1) is 11.8 Å². The first-order valence-electron chi connectivity index (χ1n) is 21.1. The summed E-state index contributed by atoms with van der Waals surface area (Å²) in [7, 11) is -0.598. The molecule has 3 heterocycles. The molecule has 16 heteroatoms. The van der Waals surface area contributed by atoms with Crippen LogP contribution in [0.25, 0.3) is 17.0 Å². The molecule has 320 valence electrons. The summed E-state index contributed by atoms with van der Waals surface area (Å²) >= 11 is 0. The third-order valence-corrected chi connectivity index (χ3v) is 14.4. The quantitative estimate of drug-likeness (QED) is 0.152. The number of hydrogen-bond acceptors (Lipinski definition) is 10. The number of hydrogen-bond donors (Lipinski definition) is 3. The first-order valence-corrected chi connectivity index (χ1v) is 22.7. The maximum absolute atomic E-state index is 14.4. The van der Waals surface area contributed by atoms with Crippen LogP contribution in [0.3, 0.4) is 0 Å². The van der Waals surface area contributed by atoms with Crippen molar-refractivity contribution in [2.75, 3.05) is 40.5 Å². The predicted octanol–water partition coefficient (Wildman–Crippen LogP) is 4.46. The summed E-state index contributed by atoms with van der Waals surface area (Å²) < 4.78 is 44.4. The van der Waals surface area contributed by atoms with Gasteiger partial charge >= 0.3 is 6.03 Å². The van der Waals surface area contributed by atoms with Crippen molar-refractivity contribution in [3.05, 3.63) is 48.6 Å². The average molecular weight is 835 g/mol. The first-order chi connectivity index (χ1) is 28.5. The van der Waals surface area contributed by atoms with Gasteiger partial charge in [-0.2, -0.15) is 0 Å². The van der Waals surface area contributed by atoms with E-state index in [2.05, 4.69) is 33.0 Å². The van der Waals surface area contributed by atoms with E-state index in [0.29, 0.717) is 64.2 Å². The van der Waals surface area contributed by atoms with Crippen molar-refractivity contribution in [2.24, 2.45) is 11.8 Å². The topological polar surface area (TPSA) is 186 Å². The lowest BCUT2D eigenvalue weighted by molar-refractivity contribution is -0.142. The summed E-state index contributed by atoms with van der Waals surface area (Å²) in [6.45, 7) is 5.57. The number of nitrogens with zero attached hydrogens (tertiary/aromatic N) is 3. The molecule has 3 aliphatic carbocycles. The Balaban J connectivity index is 0.913. The smallest absolute Gasteiger partial charge is 0.318 e. The number of benzene rings is 1. The van der Waals surface area contributed by atoms with Crippen molar-refractivity contribution in [3.8, 4) is 11.6 Å². The fourth-order valence-electron chi connectivity index (χ4n) is 8.84. The average Bonchev–Trinajstić information content (AvgIpc) is 4.12. The lowest BCUT2D eigenvalue weighted by Crippen LogP contribution is -2.60. The summed E-state index contributed by atoms with van der Waals surface area (Å²) in [5, 5.41) is 6.30. The van der Waals surface area contributed by atoms with Gasteiger partial charge in [-0.25, -0.2) is 18.2 Å². The molecule has 3 N–H and O–H groups in total. The van der Waals surface area contributed by atoms with Gasteiger partial charge in [0.1, 0.15) is 23.4 Å². The Morgan fingerprint density at radius 3 is 2.51 bits per heavy atom. The maximum atomic E-state index is 14.4. The third kappa shape index (κ3) is 9.69. The maximum Gasteiger partial charge on any atom is 0.318 e. The number of aromatic nitrogens is 1. The number of ether oxygens (including phenoxy) is 3. The number of unbranched alkanes of at least 4 members (excludes halogenated alkanes) is 1. The number of methoxy groups -OCH3 is 2. The molecule has 7 rings (SSSR count). The largest absolute Gasteiger partial charge is 0.497 e. The molecular weight excluding hydrogens is 777 g/mol. The lowest BCUT2D eigenvalue weighted by Gasteiger charge is -2.35. The zero-order valence-electron chi connectivity index (χ0n) is 34.2. The van der Waals surface area contributed by atoms with Gasteiger partial charge in [-0.15, -0.1) is 6.58 Å².